The van der Waals surface area contributed by atoms with E-state index in [2.05, 4.69) is 47.0 Å². The van der Waals surface area contributed by atoms with E-state index in [1.54, 1.807) is 12.7 Å². The van der Waals surface area contributed by atoms with Crippen molar-refractivity contribution in [2.45, 2.75) is 51.1 Å². The molecule has 3 aromatic heterocycles. The van der Waals surface area contributed by atoms with Gasteiger partial charge < -0.3 is 9.88 Å². The third kappa shape index (κ3) is 3.07. The van der Waals surface area contributed by atoms with E-state index in [4.69, 9.17) is 0 Å². The molecule has 1 aliphatic carbocycles. The SMILES string of the molecule is CN(Cc1n[nH]c2c1CCCC2)C1CCN(c2ncnc3nc[nH]c23)CC1. The Labute approximate surface area is 158 Å². The molecule has 27 heavy (non-hydrogen) atoms. The molecule has 8 heteroatoms. The van der Waals surface area contributed by atoms with Crippen LogP contribution in [-0.4, -0.2) is 61.2 Å². The summed E-state index contributed by atoms with van der Waals surface area (Å²) in [6, 6.07) is 0.580. The quantitative estimate of drug-likeness (QED) is 0.735. The predicted molar refractivity (Wildman–Crippen MR) is 104 cm³/mol. The molecule has 0 atom stereocenters. The van der Waals surface area contributed by atoms with E-state index >= 15 is 0 Å². The number of hydrogen-bond donors (Lipinski definition) is 2. The molecule has 0 unspecified atom stereocenters. The molecule has 8 nitrogen and oxygen atoms in total. The van der Waals surface area contributed by atoms with Gasteiger partial charge in [0.1, 0.15) is 11.8 Å². The fraction of sp³-hybridized carbons (Fsp3) is 0.579. The van der Waals surface area contributed by atoms with Crippen molar-refractivity contribution in [3.05, 3.63) is 29.6 Å². The molecule has 4 heterocycles. The highest BCUT2D eigenvalue weighted by Gasteiger charge is 2.26. The monoisotopic (exact) mass is 366 g/mol. The van der Waals surface area contributed by atoms with E-state index in [9.17, 15) is 0 Å². The molecule has 0 spiro atoms. The summed E-state index contributed by atoms with van der Waals surface area (Å²) in [7, 11) is 2.24. The average molecular weight is 366 g/mol. The summed E-state index contributed by atoms with van der Waals surface area (Å²) in [6.07, 6.45) is 10.5. The highest BCUT2D eigenvalue weighted by Crippen LogP contribution is 2.27. The van der Waals surface area contributed by atoms with E-state index in [0.29, 0.717) is 6.04 Å². The van der Waals surface area contributed by atoms with Crippen LogP contribution in [0.3, 0.4) is 0 Å². The normalized spacial score (nSPS) is 18.4. The van der Waals surface area contributed by atoms with Gasteiger partial charge in [0.15, 0.2) is 11.5 Å². The Kier molecular flexibility index (Phi) is 4.27. The van der Waals surface area contributed by atoms with Crippen LogP contribution >= 0.6 is 0 Å². The van der Waals surface area contributed by atoms with Crippen LogP contribution in [0.4, 0.5) is 5.82 Å². The molecule has 142 valence electrons. The number of aromatic amines is 2. The highest BCUT2D eigenvalue weighted by atomic mass is 15.2. The molecule has 1 fully saturated rings. The van der Waals surface area contributed by atoms with E-state index in [1.165, 1.54) is 36.2 Å². The van der Waals surface area contributed by atoms with E-state index in [-0.39, 0.29) is 0 Å². The van der Waals surface area contributed by atoms with E-state index in [1.807, 2.05) is 0 Å². The van der Waals surface area contributed by atoms with Crippen molar-refractivity contribution in [2.24, 2.45) is 0 Å². The number of nitrogens with one attached hydrogen (secondary N) is 2. The molecule has 2 N–H and O–H groups in total. The molecule has 3 aromatic rings. The minimum Gasteiger partial charge on any atom is -0.355 e. The van der Waals surface area contributed by atoms with Crippen LogP contribution < -0.4 is 4.90 Å². The lowest BCUT2D eigenvalue weighted by atomic mass is 9.95. The first kappa shape index (κ1) is 16.7. The zero-order valence-electron chi connectivity index (χ0n) is 15.8. The van der Waals surface area contributed by atoms with Crippen molar-refractivity contribution in [3.8, 4) is 0 Å². The number of rotatable bonds is 4. The van der Waals surface area contributed by atoms with Crippen LogP contribution in [0, 0.1) is 0 Å². The van der Waals surface area contributed by atoms with Crippen molar-refractivity contribution in [2.75, 3.05) is 25.0 Å². The van der Waals surface area contributed by atoms with Gasteiger partial charge in [0.05, 0.1) is 12.0 Å². The van der Waals surface area contributed by atoms with Gasteiger partial charge in [-0.1, -0.05) is 0 Å². The lowest BCUT2D eigenvalue weighted by Crippen LogP contribution is -2.43. The molecule has 0 radical (unpaired) electrons. The summed E-state index contributed by atoms with van der Waals surface area (Å²) in [4.78, 5) is 21.0. The maximum Gasteiger partial charge on any atom is 0.182 e. The third-order valence-electron chi connectivity index (χ3n) is 6.13. The number of anilines is 1. The van der Waals surface area contributed by atoms with Crippen LogP contribution in [0.15, 0.2) is 12.7 Å². The van der Waals surface area contributed by atoms with E-state index < -0.39 is 0 Å². The van der Waals surface area contributed by atoms with Gasteiger partial charge in [-0.05, 0) is 51.1 Å². The minimum atomic E-state index is 0.580. The van der Waals surface area contributed by atoms with Gasteiger partial charge in [0, 0.05) is 31.4 Å². The number of H-pyrrole nitrogens is 2. The van der Waals surface area contributed by atoms with Crippen molar-refractivity contribution >= 4 is 17.0 Å². The summed E-state index contributed by atoms with van der Waals surface area (Å²) in [5.74, 6) is 0.972. The summed E-state index contributed by atoms with van der Waals surface area (Å²) in [5.41, 5.74) is 5.78. The zero-order valence-corrected chi connectivity index (χ0v) is 15.8. The van der Waals surface area contributed by atoms with E-state index in [0.717, 1.165) is 55.9 Å². The highest BCUT2D eigenvalue weighted by molar-refractivity contribution is 5.82. The average Bonchev–Trinajstić information content (AvgIpc) is 3.35. The second-order valence-corrected chi connectivity index (χ2v) is 7.77. The van der Waals surface area contributed by atoms with Crippen LogP contribution in [0.5, 0.6) is 0 Å². The molecule has 0 aromatic carbocycles. The summed E-state index contributed by atoms with van der Waals surface area (Å²) in [6.45, 7) is 2.94. The molecule has 5 rings (SSSR count). The fourth-order valence-corrected chi connectivity index (χ4v) is 4.56. The number of aromatic nitrogens is 6. The maximum absolute atomic E-state index is 4.62. The molecular weight excluding hydrogens is 340 g/mol. The van der Waals surface area contributed by atoms with Gasteiger partial charge in [-0.2, -0.15) is 5.10 Å². The number of aryl methyl sites for hydroxylation is 1. The number of nitrogens with zero attached hydrogens (tertiary/aromatic N) is 6. The van der Waals surface area contributed by atoms with Crippen LogP contribution in [0.1, 0.15) is 42.6 Å². The minimum absolute atomic E-state index is 0.580. The first-order chi connectivity index (χ1) is 13.3. The Bertz CT molecular complexity index is 921. The molecule has 0 bridgehead atoms. The van der Waals surface area contributed by atoms with Crippen molar-refractivity contribution in [1.29, 1.82) is 0 Å². The summed E-state index contributed by atoms with van der Waals surface area (Å²) in [5, 5.41) is 7.89. The number of imidazole rings is 1. The van der Waals surface area contributed by atoms with Gasteiger partial charge in [-0.15, -0.1) is 0 Å². The topological polar surface area (TPSA) is 89.6 Å². The third-order valence-corrected chi connectivity index (χ3v) is 6.13. The lowest BCUT2D eigenvalue weighted by molar-refractivity contribution is 0.197. The Morgan fingerprint density at radius 1 is 1.15 bits per heavy atom. The first-order valence-electron chi connectivity index (χ1n) is 9.94. The standard InChI is InChI=1S/C19H26N8/c1-26(10-16-14-4-2-3-5-15(14)24-25-16)13-6-8-27(9-7-13)19-17-18(21-11-20-17)22-12-23-19/h11-13H,2-10H2,1H3,(H,24,25)(H,20,21,22,23). The van der Waals surface area contributed by atoms with Crippen molar-refractivity contribution in [3.63, 3.8) is 0 Å². The Hall–Kier alpha value is -2.48. The van der Waals surface area contributed by atoms with Gasteiger partial charge in [0.2, 0.25) is 0 Å². The lowest BCUT2D eigenvalue weighted by Gasteiger charge is -2.37. The molecular formula is C19H26N8. The largest absolute Gasteiger partial charge is 0.355 e. The maximum atomic E-state index is 4.62. The Balaban J connectivity index is 1.24. The zero-order chi connectivity index (χ0) is 18.2. The van der Waals surface area contributed by atoms with Crippen LogP contribution in [0.2, 0.25) is 0 Å². The fourth-order valence-electron chi connectivity index (χ4n) is 4.56. The van der Waals surface area contributed by atoms with Crippen LogP contribution in [0.25, 0.3) is 11.2 Å². The number of hydrogen-bond acceptors (Lipinski definition) is 6. The Morgan fingerprint density at radius 3 is 2.89 bits per heavy atom. The van der Waals surface area contributed by atoms with Crippen LogP contribution in [-0.2, 0) is 19.4 Å². The Morgan fingerprint density at radius 2 is 2.00 bits per heavy atom. The molecule has 2 aliphatic rings. The van der Waals surface area contributed by atoms with Gasteiger partial charge in [-0.3, -0.25) is 10.00 Å². The first-order valence-corrected chi connectivity index (χ1v) is 9.94. The van der Waals surface area contributed by atoms with Crippen molar-refractivity contribution in [1.82, 2.24) is 35.0 Å². The van der Waals surface area contributed by atoms with Crippen molar-refractivity contribution < 1.29 is 0 Å². The summed E-state index contributed by atoms with van der Waals surface area (Å²) < 4.78 is 0. The number of piperidine rings is 1. The predicted octanol–water partition coefficient (Wildman–Crippen LogP) is 2.06. The summed E-state index contributed by atoms with van der Waals surface area (Å²) >= 11 is 0. The van der Waals surface area contributed by atoms with Gasteiger partial charge >= 0.3 is 0 Å². The van der Waals surface area contributed by atoms with Gasteiger partial charge in [-0.25, -0.2) is 15.0 Å². The molecule has 1 aliphatic heterocycles. The smallest absolute Gasteiger partial charge is 0.182 e. The second kappa shape index (κ2) is 6.92. The molecule has 1 saturated heterocycles. The number of fused-ring (bicyclic) bond motifs is 2. The second-order valence-electron chi connectivity index (χ2n) is 7.77. The van der Waals surface area contributed by atoms with Gasteiger partial charge in [0.25, 0.3) is 0 Å². The molecule has 0 amide bonds. The molecule has 0 saturated carbocycles.